The summed E-state index contributed by atoms with van der Waals surface area (Å²) in [7, 11) is 0. The number of nitrogens with one attached hydrogen (secondary N) is 1. The number of carbonyl (C=O) groups is 1. The Balaban J connectivity index is 1.47. The molecule has 0 fully saturated rings. The van der Waals surface area contributed by atoms with Crippen LogP contribution in [0.4, 0.5) is 16.4 Å². The fourth-order valence-corrected chi connectivity index (χ4v) is 3.97. The summed E-state index contributed by atoms with van der Waals surface area (Å²) in [6.07, 6.45) is 4.12. The van der Waals surface area contributed by atoms with E-state index in [-0.39, 0.29) is 12.8 Å². The second-order valence-electron chi connectivity index (χ2n) is 7.59. The van der Waals surface area contributed by atoms with E-state index in [1.54, 1.807) is 29.2 Å². The highest BCUT2D eigenvalue weighted by atomic mass is 35.5. The van der Waals surface area contributed by atoms with Gasteiger partial charge in [-0.1, -0.05) is 24.1 Å². The molecule has 0 unspecified atom stereocenters. The molecule has 0 bridgehead atoms. The van der Waals surface area contributed by atoms with E-state index in [0.717, 1.165) is 43.6 Å². The zero-order valence-corrected chi connectivity index (χ0v) is 17.6. The van der Waals surface area contributed by atoms with Crippen molar-refractivity contribution in [1.82, 2.24) is 14.8 Å². The summed E-state index contributed by atoms with van der Waals surface area (Å²) in [6.45, 7) is 1.31. The predicted octanol–water partition coefficient (Wildman–Crippen LogP) is 4.63. The molecule has 9 heteroatoms. The van der Waals surface area contributed by atoms with Gasteiger partial charge in [0.25, 0.3) is 0 Å². The van der Waals surface area contributed by atoms with Crippen LogP contribution in [0, 0.1) is 0 Å². The van der Waals surface area contributed by atoms with Crippen LogP contribution in [0.5, 0.6) is 11.5 Å². The molecule has 1 N–H and O–H groups in total. The summed E-state index contributed by atoms with van der Waals surface area (Å²) in [5.74, 6) is 2.84. The van der Waals surface area contributed by atoms with E-state index in [1.807, 2.05) is 18.2 Å². The molecule has 2 amide bonds. The van der Waals surface area contributed by atoms with Gasteiger partial charge in [-0.25, -0.2) is 4.79 Å². The lowest BCUT2D eigenvalue weighted by molar-refractivity contribution is 0.174. The third-order valence-electron chi connectivity index (χ3n) is 5.45. The number of hydrogen-bond acceptors (Lipinski definition) is 5. The molecule has 0 spiro atoms. The highest BCUT2D eigenvalue weighted by Crippen LogP contribution is 2.33. The Kier molecular flexibility index (Phi) is 5.38. The largest absolute Gasteiger partial charge is 0.454 e. The number of hydrogen-bond donors (Lipinski definition) is 1. The smallest absolute Gasteiger partial charge is 0.329 e. The highest BCUT2D eigenvalue weighted by Gasteiger charge is 2.26. The first-order valence-corrected chi connectivity index (χ1v) is 10.7. The van der Waals surface area contributed by atoms with Gasteiger partial charge in [0, 0.05) is 23.7 Å². The van der Waals surface area contributed by atoms with Crippen molar-refractivity contribution in [2.45, 2.75) is 38.8 Å². The summed E-state index contributed by atoms with van der Waals surface area (Å²) in [5.41, 5.74) is 1.56. The van der Waals surface area contributed by atoms with E-state index < -0.39 is 0 Å². The van der Waals surface area contributed by atoms with Gasteiger partial charge in [-0.05, 0) is 54.8 Å². The molecule has 1 aromatic heterocycles. The number of benzene rings is 2. The van der Waals surface area contributed by atoms with E-state index >= 15 is 0 Å². The Morgan fingerprint density at radius 1 is 1.06 bits per heavy atom. The maximum atomic E-state index is 13.4. The number of anilines is 2. The van der Waals surface area contributed by atoms with Gasteiger partial charge in [0.1, 0.15) is 5.82 Å². The average molecular weight is 440 g/mol. The second kappa shape index (κ2) is 8.47. The molecule has 2 aromatic carbocycles. The average Bonchev–Trinajstić information content (AvgIpc) is 3.33. The van der Waals surface area contributed by atoms with Crippen LogP contribution in [-0.2, 0) is 19.5 Å². The predicted molar refractivity (Wildman–Crippen MR) is 117 cm³/mol. The molecule has 160 valence electrons. The Morgan fingerprint density at radius 2 is 1.90 bits per heavy atom. The lowest BCUT2D eigenvalue weighted by Gasteiger charge is -2.23. The van der Waals surface area contributed by atoms with Gasteiger partial charge in [-0.3, -0.25) is 9.47 Å². The molecule has 0 aliphatic carbocycles. The standard InChI is InChI=1S/C22H22ClN5O3/c23-16-6-8-17(9-7-16)24-22(29)28(13-15-5-10-18-19(12-15)31-14-30-18)21-26-25-20-4-2-1-3-11-27(20)21/h5-10,12H,1-4,11,13-14H2,(H,24,29). The van der Waals surface area contributed by atoms with E-state index in [1.165, 1.54) is 0 Å². The quantitative estimate of drug-likeness (QED) is 0.641. The van der Waals surface area contributed by atoms with Crippen LogP contribution in [0.2, 0.25) is 5.02 Å². The highest BCUT2D eigenvalue weighted by molar-refractivity contribution is 6.30. The topological polar surface area (TPSA) is 81.5 Å². The SMILES string of the molecule is O=C(Nc1ccc(Cl)cc1)N(Cc1ccc2c(c1)OCO2)c1nnc2n1CCCCC2. The first-order chi connectivity index (χ1) is 15.2. The maximum Gasteiger partial charge on any atom is 0.329 e. The third-order valence-corrected chi connectivity index (χ3v) is 5.70. The molecule has 0 saturated carbocycles. The molecule has 3 aromatic rings. The Hall–Kier alpha value is -3.26. The van der Waals surface area contributed by atoms with Gasteiger partial charge >= 0.3 is 6.03 Å². The number of aryl methyl sites for hydroxylation is 1. The summed E-state index contributed by atoms with van der Waals surface area (Å²) >= 11 is 5.97. The van der Waals surface area contributed by atoms with Crippen molar-refractivity contribution in [2.24, 2.45) is 0 Å². The van der Waals surface area contributed by atoms with E-state index in [4.69, 9.17) is 21.1 Å². The molecule has 2 aliphatic heterocycles. The minimum Gasteiger partial charge on any atom is -0.454 e. The van der Waals surface area contributed by atoms with Gasteiger partial charge in [-0.15, -0.1) is 10.2 Å². The van der Waals surface area contributed by atoms with Crippen molar-refractivity contribution in [1.29, 1.82) is 0 Å². The number of rotatable bonds is 4. The fraction of sp³-hybridized carbons (Fsp3) is 0.318. The molecule has 8 nitrogen and oxygen atoms in total. The van der Waals surface area contributed by atoms with Crippen molar-refractivity contribution >= 4 is 29.3 Å². The minimum absolute atomic E-state index is 0.206. The monoisotopic (exact) mass is 439 g/mol. The zero-order chi connectivity index (χ0) is 21.2. The van der Waals surface area contributed by atoms with Crippen LogP contribution in [-0.4, -0.2) is 27.6 Å². The Labute approximate surface area is 184 Å². The minimum atomic E-state index is -0.292. The number of carbonyl (C=O) groups excluding carboxylic acids is 1. The first-order valence-electron chi connectivity index (χ1n) is 10.3. The van der Waals surface area contributed by atoms with Crippen molar-refractivity contribution in [3.63, 3.8) is 0 Å². The van der Waals surface area contributed by atoms with Crippen molar-refractivity contribution in [3.8, 4) is 11.5 Å². The third kappa shape index (κ3) is 4.16. The molecule has 5 rings (SSSR count). The van der Waals surface area contributed by atoms with Gasteiger partial charge in [0.05, 0.1) is 6.54 Å². The lowest BCUT2D eigenvalue weighted by atomic mass is 10.2. The molecule has 31 heavy (non-hydrogen) atoms. The first kappa shape index (κ1) is 19.7. The van der Waals surface area contributed by atoms with Crippen LogP contribution in [0.25, 0.3) is 0 Å². The zero-order valence-electron chi connectivity index (χ0n) is 16.9. The van der Waals surface area contributed by atoms with Crippen molar-refractivity contribution in [3.05, 3.63) is 58.9 Å². The van der Waals surface area contributed by atoms with Crippen LogP contribution >= 0.6 is 11.6 Å². The number of urea groups is 1. The summed E-state index contributed by atoms with van der Waals surface area (Å²) in [6, 6.07) is 12.4. The second-order valence-corrected chi connectivity index (χ2v) is 8.03. The van der Waals surface area contributed by atoms with Crippen LogP contribution in [0.15, 0.2) is 42.5 Å². The maximum absolute atomic E-state index is 13.4. The molecule has 0 saturated heterocycles. The summed E-state index contributed by atoms with van der Waals surface area (Å²) < 4.78 is 13.0. The van der Waals surface area contributed by atoms with Crippen LogP contribution < -0.4 is 19.7 Å². The molecule has 3 heterocycles. The van der Waals surface area contributed by atoms with Crippen molar-refractivity contribution in [2.75, 3.05) is 17.0 Å². The molecular formula is C22H22ClN5O3. The van der Waals surface area contributed by atoms with Gasteiger partial charge in [0.2, 0.25) is 12.7 Å². The van der Waals surface area contributed by atoms with E-state index in [2.05, 4.69) is 20.1 Å². The van der Waals surface area contributed by atoms with Crippen molar-refractivity contribution < 1.29 is 14.3 Å². The van der Waals surface area contributed by atoms with Gasteiger partial charge < -0.3 is 14.8 Å². The van der Waals surface area contributed by atoms with E-state index in [0.29, 0.717) is 34.7 Å². The van der Waals surface area contributed by atoms with Crippen LogP contribution in [0.1, 0.15) is 30.7 Å². The Morgan fingerprint density at radius 3 is 2.77 bits per heavy atom. The number of halogens is 1. The molecular weight excluding hydrogens is 418 g/mol. The van der Waals surface area contributed by atoms with Gasteiger partial charge in [0.15, 0.2) is 11.5 Å². The lowest BCUT2D eigenvalue weighted by Crippen LogP contribution is -2.36. The number of aromatic nitrogens is 3. The Bertz CT molecular complexity index is 1100. The number of nitrogens with zero attached hydrogens (tertiary/aromatic N) is 4. The van der Waals surface area contributed by atoms with E-state index in [9.17, 15) is 4.79 Å². The van der Waals surface area contributed by atoms with Crippen LogP contribution in [0.3, 0.4) is 0 Å². The molecule has 0 radical (unpaired) electrons. The van der Waals surface area contributed by atoms with Gasteiger partial charge in [-0.2, -0.15) is 0 Å². The summed E-state index contributed by atoms with van der Waals surface area (Å²) in [4.78, 5) is 15.0. The number of amides is 2. The normalized spacial score (nSPS) is 14.6. The summed E-state index contributed by atoms with van der Waals surface area (Å²) in [5, 5.41) is 12.3. The number of ether oxygens (including phenoxy) is 2. The number of fused-ring (bicyclic) bond motifs is 2. The molecule has 2 aliphatic rings. The fourth-order valence-electron chi connectivity index (χ4n) is 3.85. The molecule has 0 atom stereocenters.